The first-order valence-corrected chi connectivity index (χ1v) is 17.9. The summed E-state index contributed by atoms with van der Waals surface area (Å²) in [6, 6.07) is 11.3. The average Bonchev–Trinajstić information content (AvgIpc) is 3.04. The Morgan fingerprint density at radius 2 is 1.83 bits per heavy atom. The molecule has 4 nitrogen and oxygen atoms in total. The van der Waals surface area contributed by atoms with Crippen molar-refractivity contribution in [2.24, 2.45) is 34.1 Å². The molecule has 0 bridgehead atoms. The van der Waals surface area contributed by atoms with Gasteiger partial charge >= 0.3 is 0 Å². The number of hydrogen-bond acceptors (Lipinski definition) is 4. The summed E-state index contributed by atoms with van der Waals surface area (Å²) in [5.41, 5.74) is 6.90. The zero-order valence-corrected chi connectivity index (χ0v) is 29.7. The Morgan fingerprint density at radius 1 is 1.02 bits per heavy atom. The second kappa shape index (κ2) is 15.3. The molecule has 0 saturated heterocycles. The van der Waals surface area contributed by atoms with Crippen LogP contribution >= 0.6 is 0 Å². The highest BCUT2D eigenvalue weighted by molar-refractivity contribution is 5.88. The van der Waals surface area contributed by atoms with Gasteiger partial charge in [0.15, 0.2) is 0 Å². The molecule has 4 aliphatic carbocycles. The quantitative estimate of drug-likeness (QED) is 0.191. The molecule has 0 fully saturated rings. The summed E-state index contributed by atoms with van der Waals surface area (Å²) in [4.78, 5) is 7.47. The fourth-order valence-electron chi connectivity index (χ4n) is 7.74. The maximum Gasteiger partial charge on any atom is 0.107 e. The highest BCUT2D eigenvalue weighted by Crippen LogP contribution is 2.41. The van der Waals surface area contributed by atoms with Gasteiger partial charge in [-0.25, -0.2) is 0 Å². The molecule has 0 radical (unpaired) electrons. The van der Waals surface area contributed by atoms with Crippen LogP contribution in [-0.2, 0) is 0 Å². The number of nitrogens with zero attached hydrogens (tertiary/aromatic N) is 2. The van der Waals surface area contributed by atoms with Gasteiger partial charge in [0.05, 0.1) is 0 Å². The zero-order valence-electron chi connectivity index (χ0n) is 29.7. The Balaban J connectivity index is 1.39. The Hall–Kier alpha value is -2.95. The van der Waals surface area contributed by atoms with Gasteiger partial charge < -0.3 is 15.5 Å². The van der Waals surface area contributed by atoms with E-state index in [0.29, 0.717) is 41.8 Å². The van der Waals surface area contributed by atoms with Crippen molar-refractivity contribution in [1.29, 1.82) is 0 Å². The lowest BCUT2D eigenvalue weighted by Gasteiger charge is -2.44. The normalized spacial score (nSPS) is 30.2. The van der Waals surface area contributed by atoms with Crippen molar-refractivity contribution < 1.29 is 0 Å². The molecule has 0 aromatic heterocycles. The molecular weight excluding hydrogens is 560 g/mol. The molecule has 1 aromatic rings. The van der Waals surface area contributed by atoms with Crippen LogP contribution in [0, 0.1) is 29.1 Å². The molecule has 4 heteroatoms. The van der Waals surface area contributed by atoms with Crippen LogP contribution in [0.5, 0.6) is 0 Å². The molecule has 1 aromatic carbocycles. The lowest BCUT2D eigenvalue weighted by atomic mass is 9.70. The van der Waals surface area contributed by atoms with Gasteiger partial charge in [0.25, 0.3) is 0 Å². The minimum atomic E-state index is -0.149. The lowest BCUT2D eigenvalue weighted by Crippen LogP contribution is -2.54. The fraction of sp³-hybridized carbons (Fsp3) is 0.548. The number of benzene rings is 1. The molecule has 46 heavy (non-hydrogen) atoms. The van der Waals surface area contributed by atoms with E-state index in [-0.39, 0.29) is 5.54 Å². The minimum Gasteiger partial charge on any atom is -0.369 e. The number of nitrogens with one attached hydrogen (secondary N) is 2. The van der Waals surface area contributed by atoms with Gasteiger partial charge in [-0.05, 0) is 88.8 Å². The van der Waals surface area contributed by atoms with E-state index in [9.17, 15) is 0 Å². The Labute approximate surface area is 280 Å². The van der Waals surface area contributed by atoms with E-state index in [2.05, 4.69) is 149 Å². The average molecular weight is 621 g/mol. The molecule has 248 valence electrons. The topological polar surface area (TPSA) is 39.7 Å². The van der Waals surface area contributed by atoms with Crippen molar-refractivity contribution in [2.45, 2.75) is 91.1 Å². The maximum absolute atomic E-state index is 5.20. The Morgan fingerprint density at radius 3 is 2.52 bits per heavy atom. The van der Waals surface area contributed by atoms with Crippen LogP contribution in [0.1, 0.15) is 85.1 Å². The standard InChI is InChI=1S/C42H60N4/c1-31-28-35(41(2,3)4)22-24-38(31)45-42(5)26-15-14-20-37(42)34-21-23-40(36(29-34)32-16-10-8-11-17-32)44-30-43-39(25-27-46(6)7)33-18-12-9-13-19-33/h8,10-12,14-18,20,22,24,26,29,31,33,35,37-38,44-45H,9,13,19,21,23,25,27-28,30H2,1-7H3/b43-39+. The van der Waals surface area contributed by atoms with Crippen LogP contribution in [0.3, 0.4) is 0 Å². The van der Waals surface area contributed by atoms with E-state index in [1.165, 1.54) is 53.8 Å². The first kappa shape index (κ1) is 34.4. The Bertz CT molecular complexity index is 1380. The number of allylic oxidation sites excluding steroid dienone is 8. The molecule has 0 spiro atoms. The van der Waals surface area contributed by atoms with Crippen molar-refractivity contribution in [3.05, 3.63) is 102 Å². The smallest absolute Gasteiger partial charge is 0.107 e. The number of aliphatic imine (C=N–C) groups is 1. The van der Waals surface area contributed by atoms with Crippen molar-refractivity contribution >= 4 is 11.3 Å². The van der Waals surface area contributed by atoms with Gasteiger partial charge in [0, 0.05) is 46.9 Å². The summed E-state index contributed by atoms with van der Waals surface area (Å²) in [7, 11) is 4.31. The highest BCUT2D eigenvalue weighted by Gasteiger charge is 2.39. The van der Waals surface area contributed by atoms with Crippen LogP contribution in [0.2, 0.25) is 0 Å². The summed E-state index contributed by atoms with van der Waals surface area (Å²) >= 11 is 0. The van der Waals surface area contributed by atoms with Gasteiger partial charge in [0.1, 0.15) is 6.67 Å². The predicted octanol–water partition coefficient (Wildman–Crippen LogP) is 9.13. The molecule has 4 aliphatic rings. The second-order valence-corrected chi connectivity index (χ2v) is 15.7. The van der Waals surface area contributed by atoms with E-state index in [1.54, 1.807) is 0 Å². The first-order chi connectivity index (χ1) is 22.0. The predicted molar refractivity (Wildman–Crippen MR) is 199 cm³/mol. The summed E-state index contributed by atoms with van der Waals surface area (Å²) in [5, 5.41) is 7.96. The van der Waals surface area contributed by atoms with E-state index >= 15 is 0 Å². The van der Waals surface area contributed by atoms with Gasteiger partial charge in [0.2, 0.25) is 0 Å². The van der Waals surface area contributed by atoms with Crippen LogP contribution < -0.4 is 10.6 Å². The summed E-state index contributed by atoms with van der Waals surface area (Å²) in [5.74, 6) is 2.00. The monoisotopic (exact) mass is 620 g/mol. The second-order valence-electron chi connectivity index (χ2n) is 15.7. The van der Waals surface area contributed by atoms with Crippen LogP contribution in [-0.4, -0.2) is 49.5 Å². The number of hydrogen-bond donors (Lipinski definition) is 2. The SMILES string of the molecule is CC1CC(C(C)(C)C)C=CC1NC1(C)C=CC=CC1C1=CC(c2ccccc2)=C(NC/N=C(\CCN(C)C)C2C=CCCC2)CC1. The molecule has 0 heterocycles. The zero-order chi connectivity index (χ0) is 32.7. The van der Waals surface area contributed by atoms with Gasteiger partial charge in [-0.1, -0.05) is 118 Å². The third-order valence-corrected chi connectivity index (χ3v) is 10.8. The van der Waals surface area contributed by atoms with E-state index in [4.69, 9.17) is 4.99 Å². The van der Waals surface area contributed by atoms with Gasteiger partial charge in [-0.15, -0.1) is 0 Å². The molecule has 0 aliphatic heterocycles. The number of rotatable bonds is 11. The van der Waals surface area contributed by atoms with Crippen molar-refractivity contribution in [2.75, 3.05) is 27.3 Å². The Kier molecular flexibility index (Phi) is 11.4. The lowest BCUT2D eigenvalue weighted by molar-refractivity contribution is 0.202. The molecule has 2 N–H and O–H groups in total. The summed E-state index contributed by atoms with van der Waals surface area (Å²) in [6.07, 6.45) is 29.5. The van der Waals surface area contributed by atoms with Crippen LogP contribution in [0.4, 0.5) is 0 Å². The molecule has 5 rings (SSSR count). The fourth-order valence-corrected chi connectivity index (χ4v) is 7.74. The first-order valence-electron chi connectivity index (χ1n) is 17.9. The van der Waals surface area contributed by atoms with Crippen molar-refractivity contribution in [3.63, 3.8) is 0 Å². The van der Waals surface area contributed by atoms with E-state index < -0.39 is 0 Å². The van der Waals surface area contributed by atoms with Gasteiger partial charge in [-0.2, -0.15) is 0 Å². The minimum absolute atomic E-state index is 0.149. The summed E-state index contributed by atoms with van der Waals surface area (Å²) < 4.78 is 0. The summed E-state index contributed by atoms with van der Waals surface area (Å²) in [6.45, 7) is 13.6. The molecule has 6 atom stereocenters. The van der Waals surface area contributed by atoms with Gasteiger partial charge in [-0.3, -0.25) is 4.99 Å². The molecular formula is C42H60N4. The molecule has 0 saturated carbocycles. The van der Waals surface area contributed by atoms with Crippen molar-refractivity contribution in [1.82, 2.24) is 15.5 Å². The highest BCUT2D eigenvalue weighted by atomic mass is 15.1. The van der Waals surface area contributed by atoms with E-state index in [1.807, 2.05) is 0 Å². The largest absolute Gasteiger partial charge is 0.369 e. The van der Waals surface area contributed by atoms with Crippen LogP contribution in [0.15, 0.2) is 101 Å². The van der Waals surface area contributed by atoms with Crippen molar-refractivity contribution in [3.8, 4) is 0 Å². The third kappa shape index (κ3) is 8.69. The maximum atomic E-state index is 5.20. The van der Waals surface area contributed by atoms with Crippen LogP contribution in [0.25, 0.3) is 5.57 Å². The molecule has 6 unspecified atom stereocenters. The van der Waals surface area contributed by atoms with E-state index in [0.717, 1.165) is 25.8 Å². The molecule has 0 amide bonds. The third-order valence-electron chi connectivity index (χ3n) is 10.8.